The first-order valence-electron chi connectivity index (χ1n) is 7.05. The molecule has 130 valence electrons. The van der Waals surface area contributed by atoms with Crippen molar-refractivity contribution in [2.45, 2.75) is 31.3 Å². The summed E-state index contributed by atoms with van der Waals surface area (Å²) in [7, 11) is 0. The molecule has 2 rings (SSSR count). The minimum Gasteiger partial charge on any atom is -0.378 e. The molecule has 0 aliphatic rings. The van der Waals surface area contributed by atoms with E-state index in [1.54, 1.807) is 10.6 Å². The molecule has 10 heteroatoms. The lowest BCUT2D eigenvalue weighted by atomic mass is 10.2. The number of nitrogens with two attached hydrogens (primary N) is 1. The summed E-state index contributed by atoms with van der Waals surface area (Å²) in [4.78, 5) is 10.8. The summed E-state index contributed by atoms with van der Waals surface area (Å²) in [5.41, 5.74) is 4.72. The third kappa shape index (κ3) is 4.63. The van der Waals surface area contributed by atoms with Gasteiger partial charge in [-0.15, -0.1) is 10.2 Å². The second kappa shape index (κ2) is 7.56. The maximum Gasteiger partial charge on any atom is 0.416 e. The molecule has 0 unspecified atom stereocenters. The van der Waals surface area contributed by atoms with Gasteiger partial charge in [0.05, 0.1) is 17.9 Å². The molecule has 2 aromatic rings. The molecule has 0 atom stereocenters. The van der Waals surface area contributed by atoms with Crippen LogP contribution in [0.1, 0.15) is 18.3 Å². The molecule has 3 N–H and O–H groups in total. The van der Waals surface area contributed by atoms with Crippen LogP contribution in [0.15, 0.2) is 29.4 Å². The molecule has 1 aromatic heterocycles. The largest absolute Gasteiger partial charge is 0.416 e. The van der Waals surface area contributed by atoms with Crippen molar-refractivity contribution < 1.29 is 18.0 Å². The average Bonchev–Trinajstić information content (AvgIpc) is 2.92. The molecule has 0 bridgehead atoms. The lowest BCUT2D eigenvalue weighted by Gasteiger charge is -2.11. The zero-order chi connectivity index (χ0) is 17.7. The highest BCUT2D eigenvalue weighted by Crippen LogP contribution is 2.30. The van der Waals surface area contributed by atoms with Crippen molar-refractivity contribution in [2.75, 3.05) is 11.1 Å². The number of halogens is 3. The fraction of sp³-hybridized carbons (Fsp3) is 0.357. The van der Waals surface area contributed by atoms with E-state index in [1.165, 1.54) is 17.8 Å². The Balaban J connectivity index is 2.08. The number of anilines is 1. The zero-order valence-electron chi connectivity index (χ0n) is 12.8. The lowest BCUT2D eigenvalue weighted by Crippen LogP contribution is -2.14. The van der Waals surface area contributed by atoms with Crippen molar-refractivity contribution >= 4 is 23.4 Å². The molecular formula is C14H16F3N5OS. The third-order valence-corrected chi connectivity index (χ3v) is 4.08. The minimum absolute atomic E-state index is 0.0825. The molecule has 0 saturated heterocycles. The van der Waals surface area contributed by atoms with Crippen LogP contribution in [0.25, 0.3) is 0 Å². The Morgan fingerprint density at radius 2 is 2.12 bits per heavy atom. The number of hydrogen-bond acceptors (Lipinski definition) is 5. The number of aromatic nitrogens is 3. The molecule has 0 aliphatic carbocycles. The number of nitrogens with one attached hydrogen (secondary N) is 1. The highest BCUT2D eigenvalue weighted by molar-refractivity contribution is 7.99. The van der Waals surface area contributed by atoms with Gasteiger partial charge in [-0.3, -0.25) is 4.79 Å². The van der Waals surface area contributed by atoms with Gasteiger partial charge in [0.2, 0.25) is 5.91 Å². The standard InChI is InChI=1S/C14H16F3N5OS/c1-2-22-12(20-21-13(22)24-8-11(18)23)7-19-10-5-3-4-9(6-10)14(15,16)17/h3-6,19H,2,7-8H2,1H3,(H2,18,23). The van der Waals surface area contributed by atoms with Crippen LogP contribution in [0.4, 0.5) is 18.9 Å². The van der Waals surface area contributed by atoms with E-state index in [1.807, 2.05) is 6.92 Å². The van der Waals surface area contributed by atoms with E-state index in [4.69, 9.17) is 5.73 Å². The molecule has 1 aromatic carbocycles. The normalized spacial score (nSPS) is 11.5. The lowest BCUT2D eigenvalue weighted by molar-refractivity contribution is -0.137. The van der Waals surface area contributed by atoms with E-state index in [-0.39, 0.29) is 12.3 Å². The SMILES string of the molecule is CCn1c(CNc2cccc(C(F)(F)F)c2)nnc1SCC(N)=O. The first-order valence-corrected chi connectivity index (χ1v) is 8.04. The van der Waals surface area contributed by atoms with Crippen LogP contribution < -0.4 is 11.1 Å². The molecular weight excluding hydrogens is 343 g/mol. The van der Waals surface area contributed by atoms with Crippen LogP contribution in [0.3, 0.4) is 0 Å². The topological polar surface area (TPSA) is 85.8 Å². The summed E-state index contributed by atoms with van der Waals surface area (Å²) in [5.74, 6) is 0.176. The number of hydrogen-bond donors (Lipinski definition) is 2. The van der Waals surface area contributed by atoms with Gasteiger partial charge in [-0.25, -0.2) is 0 Å². The van der Waals surface area contributed by atoms with Crippen molar-refractivity contribution in [3.63, 3.8) is 0 Å². The van der Waals surface area contributed by atoms with Crippen LogP contribution in [-0.4, -0.2) is 26.4 Å². The maximum atomic E-state index is 12.7. The average molecular weight is 359 g/mol. The summed E-state index contributed by atoms with van der Waals surface area (Å²) in [5, 5.41) is 11.4. The van der Waals surface area contributed by atoms with Gasteiger partial charge < -0.3 is 15.6 Å². The predicted octanol–water partition coefficient (Wildman–Crippen LogP) is 2.51. The first kappa shape index (κ1) is 18.1. The molecule has 1 amide bonds. The van der Waals surface area contributed by atoms with E-state index in [2.05, 4.69) is 15.5 Å². The summed E-state index contributed by atoms with van der Waals surface area (Å²) < 4.78 is 39.9. The number of alkyl halides is 3. The number of primary amides is 1. The zero-order valence-corrected chi connectivity index (χ0v) is 13.6. The Hall–Kier alpha value is -2.23. The van der Waals surface area contributed by atoms with Crippen molar-refractivity contribution in [1.82, 2.24) is 14.8 Å². The van der Waals surface area contributed by atoms with Crippen LogP contribution in [0.5, 0.6) is 0 Å². The minimum atomic E-state index is -4.39. The smallest absolute Gasteiger partial charge is 0.378 e. The van der Waals surface area contributed by atoms with Crippen LogP contribution >= 0.6 is 11.8 Å². The van der Waals surface area contributed by atoms with Crippen molar-refractivity contribution in [3.05, 3.63) is 35.7 Å². The number of thioether (sulfide) groups is 1. The van der Waals surface area contributed by atoms with E-state index in [0.717, 1.165) is 12.1 Å². The van der Waals surface area contributed by atoms with Gasteiger partial charge in [-0.05, 0) is 25.1 Å². The summed E-state index contributed by atoms with van der Waals surface area (Å²) >= 11 is 1.17. The van der Waals surface area contributed by atoms with Gasteiger partial charge in [0, 0.05) is 12.2 Å². The summed E-state index contributed by atoms with van der Waals surface area (Å²) in [6.45, 7) is 2.65. The quantitative estimate of drug-likeness (QED) is 0.742. The molecule has 6 nitrogen and oxygen atoms in total. The molecule has 0 fully saturated rings. The van der Waals surface area contributed by atoms with Crippen molar-refractivity contribution in [2.24, 2.45) is 5.73 Å². The van der Waals surface area contributed by atoms with E-state index < -0.39 is 17.6 Å². The Labute approximate surface area is 140 Å². The summed E-state index contributed by atoms with van der Waals surface area (Å²) in [6.07, 6.45) is -4.39. The van der Waals surface area contributed by atoms with Crippen molar-refractivity contribution in [3.8, 4) is 0 Å². The van der Waals surface area contributed by atoms with Gasteiger partial charge >= 0.3 is 6.18 Å². The number of amides is 1. The second-order valence-electron chi connectivity index (χ2n) is 4.83. The predicted molar refractivity (Wildman–Crippen MR) is 84.4 cm³/mol. The van der Waals surface area contributed by atoms with Crippen LogP contribution in [-0.2, 0) is 24.1 Å². The summed E-state index contributed by atoms with van der Waals surface area (Å²) in [6, 6.07) is 4.93. The van der Waals surface area contributed by atoms with Crippen LogP contribution in [0.2, 0.25) is 0 Å². The number of carbonyl (C=O) groups is 1. The molecule has 0 saturated carbocycles. The highest BCUT2D eigenvalue weighted by atomic mass is 32.2. The fourth-order valence-electron chi connectivity index (χ4n) is 2.00. The van der Waals surface area contributed by atoms with Gasteiger partial charge in [-0.1, -0.05) is 17.8 Å². The van der Waals surface area contributed by atoms with Gasteiger partial charge in [0.15, 0.2) is 11.0 Å². The number of rotatable bonds is 7. The maximum absolute atomic E-state index is 12.7. The monoisotopic (exact) mass is 359 g/mol. The molecule has 0 aliphatic heterocycles. The Bertz CT molecular complexity index is 717. The molecule has 0 radical (unpaired) electrons. The van der Waals surface area contributed by atoms with Gasteiger partial charge in [0.1, 0.15) is 0 Å². The third-order valence-electron chi connectivity index (χ3n) is 3.09. The van der Waals surface area contributed by atoms with Gasteiger partial charge in [0.25, 0.3) is 0 Å². The molecule has 1 heterocycles. The Morgan fingerprint density at radius 1 is 1.38 bits per heavy atom. The fourth-order valence-corrected chi connectivity index (χ4v) is 2.76. The molecule has 24 heavy (non-hydrogen) atoms. The first-order chi connectivity index (χ1) is 11.3. The number of benzene rings is 1. The van der Waals surface area contributed by atoms with Crippen LogP contribution in [0, 0.1) is 0 Å². The highest BCUT2D eigenvalue weighted by Gasteiger charge is 2.30. The van der Waals surface area contributed by atoms with E-state index >= 15 is 0 Å². The van der Waals surface area contributed by atoms with E-state index in [0.29, 0.717) is 23.2 Å². The second-order valence-corrected chi connectivity index (χ2v) is 5.77. The van der Waals surface area contributed by atoms with Gasteiger partial charge in [-0.2, -0.15) is 13.2 Å². The Morgan fingerprint density at radius 3 is 2.75 bits per heavy atom. The van der Waals surface area contributed by atoms with Crippen molar-refractivity contribution in [1.29, 1.82) is 0 Å². The molecule has 0 spiro atoms. The van der Waals surface area contributed by atoms with E-state index in [9.17, 15) is 18.0 Å². The Kier molecular flexibility index (Phi) is 5.71. The number of nitrogens with zero attached hydrogens (tertiary/aromatic N) is 3. The number of carbonyl (C=O) groups excluding carboxylic acids is 1.